The minimum absolute atomic E-state index is 0. The van der Waals surface area contributed by atoms with Crippen molar-refractivity contribution in [1.82, 2.24) is 19.8 Å². The minimum atomic E-state index is 0. The van der Waals surface area contributed by atoms with Crippen LogP contribution in [-0.4, -0.2) is 60.8 Å². The van der Waals surface area contributed by atoms with Crippen molar-refractivity contribution in [3.63, 3.8) is 0 Å². The van der Waals surface area contributed by atoms with Crippen molar-refractivity contribution in [2.24, 2.45) is 10.9 Å². The molecule has 1 aromatic heterocycles. The van der Waals surface area contributed by atoms with Gasteiger partial charge in [0.25, 0.3) is 0 Å². The fourth-order valence-corrected chi connectivity index (χ4v) is 3.65. The van der Waals surface area contributed by atoms with Crippen LogP contribution in [0.5, 0.6) is 0 Å². The van der Waals surface area contributed by atoms with Gasteiger partial charge < -0.3 is 24.8 Å². The summed E-state index contributed by atoms with van der Waals surface area (Å²) in [5, 5.41) is 6.86. The van der Waals surface area contributed by atoms with Gasteiger partial charge in [-0.2, -0.15) is 0 Å². The number of piperidine rings is 1. The van der Waals surface area contributed by atoms with Crippen LogP contribution in [-0.2, 0) is 11.3 Å². The Hall–Kier alpha value is -1.81. The molecule has 0 amide bonds. The Labute approximate surface area is 191 Å². The molecular formula is C21H33IN6O. The number of aliphatic imine (C=N–C) groups is 1. The number of imidazole rings is 1. The molecule has 2 heterocycles. The number of ether oxygens (including phenoxy) is 1. The van der Waals surface area contributed by atoms with Crippen molar-refractivity contribution in [2.75, 3.05) is 45.7 Å². The van der Waals surface area contributed by atoms with Gasteiger partial charge in [-0.15, -0.1) is 24.0 Å². The zero-order valence-corrected chi connectivity index (χ0v) is 19.9. The van der Waals surface area contributed by atoms with E-state index < -0.39 is 0 Å². The molecule has 0 radical (unpaired) electrons. The fourth-order valence-electron chi connectivity index (χ4n) is 3.65. The number of hydrogen-bond acceptors (Lipinski definition) is 4. The largest absolute Gasteiger partial charge is 0.383 e. The van der Waals surface area contributed by atoms with Crippen LogP contribution in [0.4, 0.5) is 5.69 Å². The van der Waals surface area contributed by atoms with E-state index in [9.17, 15) is 0 Å². The van der Waals surface area contributed by atoms with E-state index in [-0.39, 0.29) is 24.0 Å². The molecule has 2 atom stereocenters. The molecule has 2 aromatic rings. The highest BCUT2D eigenvalue weighted by Gasteiger charge is 2.28. The zero-order chi connectivity index (χ0) is 19.8. The molecule has 8 heteroatoms. The average molecular weight is 512 g/mol. The van der Waals surface area contributed by atoms with Crippen LogP contribution >= 0.6 is 24.0 Å². The van der Waals surface area contributed by atoms with Crippen LogP contribution < -0.4 is 10.6 Å². The third kappa shape index (κ3) is 6.60. The number of guanidine groups is 1. The topological polar surface area (TPSA) is 66.7 Å². The highest BCUT2D eigenvalue weighted by atomic mass is 127. The summed E-state index contributed by atoms with van der Waals surface area (Å²) in [6.45, 7) is 6.56. The van der Waals surface area contributed by atoms with E-state index in [1.807, 2.05) is 19.6 Å². The van der Waals surface area contributed by atoms with Crippen molar-refractivity contribution in [2.45, 2.75) is 25.9 Å². The van der Waals surface area contributed by atoms with Gasteiger partial charge in [-0.3, -0.25) is 4.99 Å². The summed E-state index contributed by atoms with van der Waals surface area (Å²) in [7, 11) is 3.57. The number of hydrogen-bond donors (Lipinski definition) is 2. The first-order valence-electron chi connectivity index (χ1n) is 9.96. The number of halogens is 1. The molecule has 1 aliphatic heterocycles. The highest BCUT2D eigenvalue weighted by Crippen LogP contribution is 2.27. The predicted octanol–water partition coefficient (Wildman–Crippen LogP) is 3.22. The first-order chi connectivity index (χ1) is 13.7. The lowest BCUT2D eigenvalue weighted by Crippen LogP contribution is -2.48. The van der Waals surface area contributed by atoms with Crippen LogP contribution in [0.15, 0.2) is 48.0 Å². The summed E-state index contributed by atoms with van der Waals surface area (Å²) in [4.78, 5) is 11.1. The van der Waals surface area contributed by atoms with Crippen molar-refractivity contribution in [3.05, 3.63) is 48.5 Å². The summed E-state index contributed by atoms with van der Waals surface area (Å²) >= 11 is 0. The van der Waals surface area contributed by atoms with Crippen LogP contribution in [0.3, 0.4) is 0 Å². The normalized spacial score (nSPS) is 19.6. The SMILES string of the molecule is CN=C(NCc1ccc(NCCOC)cc1)N1CCC(C)C(n2ccnc2)C1.I. The number of rotatable bonds is 7. The zero-order valence-electron chi connectivity index (χ0n) is 17.5. The van der Waals surface area contributed by atoms with Gasteiger partial charge in [0.05, 0.1) is 19.0 Å². The monoisotopic (exact) mass is 512 g/mol. The van der Waals surface area contributed by atoms with Crippen molar-refractivity contribution in [3.8, 4) is 0 Å². The summed E-state index contributed by atoms with van der Waals surface area (Å²) in [5.41, 5.74) is 2.34. The molecule has 1 aromatic carbocycles. The Morgan fingerprint density at radius 3 is 2.76 bits per heavy atom. The molecule has 0 saturated carbocycles. The summed E-state index contributed by atoms with van der Waals surface area (Å²) in [5.74, 6) is 1.58. The maximum absolute atomic E-state index is 5.06. The Bertz CT molecular complexity index is 734. The second-order valence-electron chi connectivity index (χ2n) is 7.31. The molecule has 2 unspecified atom stereocenters. The molecule has 2 N–H and O–H groups in total. The van der Waals surface area contributed by atoms with Crippen molar-refractivity contribution >= 4 is 35.6 Å². The lowest BCUT2D eigenvalue weighted by Gasteiger charge is -2.39. The van der Waals surface area contributed by atoms with E-state index in [0.29, 0.717) is 18.6 Å². The maximum atomic E-state index is 5.06. The third-order valence-electron chi connectivity index (χ3n) is 5.38. The van der Waals surface area contributed by atoms with Crippen LogP contribution in [0, 0.1) is 5.92 Å². The van der Waals surface area contributed by atoms with E-state index in [4.69, 9.17) is 4.74 Å². The van der Waals surface area contributed by atoms with Crippen molar-refractivity contribution in [1.29, 1.82) is 0 Å². The van der Waals surface area contributed by atoms with Gasteiger partial charge in [-0.25, -0.2) is 4.98 Å². The first-order valence-corrected chi connectivity index (χ1v) is 9.96. The van der Waals surface area contributed by atoms with Gasteiger partial charge in [0.2, 0.25) is 0 Å². The Balaban J connectivity index is 0.00000300. The highest BCUT2D eigenvalue weighted by molar-refractivity contribution is 14.0. The number of anilines is 1. The molecule has 160 valence electrons. The Morgan fingerprint density at radius 1 is 1.31 bits per heavy atom. The molecule has 29 heavy (non-hydrogen) atoms. The third-order valence-corrected chi connectivity index (χ3v) is 5.38. The molecule has 1 fully saturated rings. The minimum Gasteiger partial charge on any atom is -0.383 e. The molecule has 0 bridgehead atoms. The Kier molecular flexibility index (Phi) is 9.72. The Morgan fingerprint density at radius 2 is 2.10 bits per heavy atom. The number of likely N-dealkylation sites (tertiary alicyclic amines) is 1. The number of nitrogens with zero attached hydrogens (tertiary/aromatic N) is 4. The number of methoxy groups -OCH3 is 1. The molecule has 0 spiro atoms. The standard InChI is InChI=1S/C21H32N6O.HI/c1-17-8-11-26(15-20(17)27-12-9-23-16-27)21(22-2)25-14-18-4-6-19(7-5-18)24-10-13-28-3;/h4-7,9,12,16-17,20,24H,8,10-11,13-15H2,1-3H3,(H,22,25);1H. The quantitative estimate of drug-likeness (QED) is 0.258. The van der Waals surface area contributed by atoms with Crippen LogP contribution in [0.25, 0.3) is 0 Å². The second kappa shape index (κ2) is 12.0. The molecule has 1 saturated heterocycles. The summed E-state index contributed by atoms with van der Waals surface area (Å²) in [6.07, 6.45) is 6.98. The van der Waals surface area contributed by atoms with Gasteiger partial charge in [-0.05, 0) is 30.0 Å². The fraction of sp³-hybridized carbons (Fsp3) is 0.524. The van der Waals surface area contributed by atoms with Crippen LogP contribution in [0.1, 0.15) is 24.9 Å². The van der Waals surface area contributed by atoms with Gasteiger partial charge in [0.15, 0.2) is 5.96 Å². The van der Waals surface area contributed by atoms with E-state index in [1.165, 1.54) is 5.56 Å². The first kappa shape index (κ1) is 23.5. The number of nitrogens with one attached hydrogen (secondary N) is 2. The molecule has 7 nitrogen and oxygen atoms in total. The van der Waals surface area contributed by atoms with E-state index in [2.05, 4.69) is 67.5 Å². The summed E-state index contributed by atoms with van der Waals surface area (Å²) < 4.78 is 7.29. The smallest absolute Gasteiger partial charge is 0.193 e. The molecule has 3 rings (SSSR count). The van der Waals surface area contributed by atoms with E-state index >= 15 is 0 Å². The van der Waals surface area contributed by atoms with Gasteiger partial charge >= 0.3 is 0 Å². The predicted molar refractivity (Wildman–Crippen MR) is 129 cm³/mol. The molecule has 1 aliphatic rings. The second-order valence-corrected chi connectivity index (χ2v) is 7.31. The van der Waals surface area contributed by atoms with Gasteiger partial charge in [-0.1, -0.05) is 19.1 Å². The maximum Gasteiger partial charge on any atom is 0.193 e. The number of aromatic nitrogens is 2. The van der Waals surface area contributed by atoms with Gasteiger partial charge in [0.1, 0.15) is 0 Å². The van der Waals surface area contributed by atoms with Crippen molar-refractivity contribution < 1.29 is 4.74 Å². The van der Waals surface area contributed by atoms with E-state index in [0.717, 1.165) is 44.2 Å². The van der Waals surface area contributed by atoms with Gasteiger partial charge in [0, 0.05) is 58.4 Å². The van der Waals surface area contributed by atoms with Crippen LogP contribution in [0.2, 0.25) is 0 Å². The average Bonchev–Trinajstić information content (AvgIpc) is 3.25. The van der Waals surface area contributed by atoms with E-state index in [1.54, 1.807) is 7.11 Å². The number of benzene rings is 1. The molecule has 0 aliphatic carbocycles. The lowest BCUT2D eigenvalue weighted by molar-refractivity contribution is 0.189. The summed E-state index contributed by atoms with van der Waals surface area (Å²) in [6, 6.07) is 8.91. The lowest BCUT2D eigenvalue weighted by atomic mass is 9.93. The molecular weight excluding hydrogens is 479 g/mol.